The number of halogens is 1. The fraction of sp³-hybridized carbons (Fsp3) is 0.333. The highest BCUT2D eigenvalue weighted by Gasteiger charge is 2.14. The lowest BCUT2D eigenvalue weighted by molar-refractivity contribution is -0.147. The molecular formula is C24H28ClN3O5. The van der Waals surface area contributed by atoms with Crippen molar-refractivity contribution in [2.75, 3.05) is 11.9 Å². The number of benzene rings is 2. The predicted molar refractivity (Wildman–Crippen MR) is 126 cm³/mol. The van der Waals surface area contributed by atoms with Gasteiger partial charge in [-0.05, 0) is 42.5 Å². The molecule has 33 heavy (non-hydrogen) atoms. The second kappa shape index (κ2) is 13.2. The lowest BCUT2D eigenvalue weighted by Gasteiger charge is -2.14. The van der Waals surface area contributed by atoms with Crippen LogP contribution >= 0.6 is 11.6 Å². The Morgan fingerprint density at radius 2 is 1.52 bits per heavy atom. The minimum absolute atomic E-state index is 0.00612. The zero-order valence-electron chi connectivity index (χ0n) is 18.7. The lowest BCUT2D eigenvalue weighted by Crippen LogP contribution is -2.41. The Labute approximate surface area is 198 Å². The lowest BCUT2D eigenvalue weighted by atomic mass is 10.0. The Morgan fingerprint density at radius 3 is 2.15 bits per heavy atom. The van der Waals surface area contributed by atoms with Gasteiger partial charge in [0.15, 0.2) is 6.61 Å². The van der Waals surface area contributed by atoms with Crippen LogP contribution < -0.4 is 16.2 Å². The molecule has 0 aromatic heterocycles. The molecule has 0 aliphatic carbocycles. The number of ether oxygens (including phenoxy) is 1. The number of hydrogen-bond acceptors (Lipinski definition) is 5. The van der Waals surface area contributed by atoms with Gasteiger partial charge in [0.05, 0.1) is 10.6 Å². The Bertz CT molecular complexity index is 987. The van der Waals surface area contributed by atoms with Crippen LogP contribution in [0.3, 0.4) is 0 Å². The summed E-state index contributed by atoms with van der Waals surface area (Å²) in [6.07, 6.45) is 1.69. The van der Waals surface area contributed by atoms with E-state index in [1.165, 1.54) is 6.07 Å². The van der Waals surface area contributed by atoms with E-state index in [2.05, 4.69) is 16.2 Å². The molecule has 0 spiro atoms. The molecule has 0 unspecified atom stereocenters. The van der Waals surface area contributed by atoms with Crippen molar-refractivity contribution >= 4 is 41.0 Å². The number of para-hydroxylation sites is 1. The highest BCUT2D eigenvalue weighted by atomic mass is 35.5. The number of hydrogen-bond donors (Lipinski definition) is 3. The maximum atomic E-state index is 12.2. The molecule has 2 aromatic carbocycles. The number of anilines is 1. The zero-order valence-corrected chi connectivity index (χ0v) is 19.5. The molecule has 0 saturated carbocycles. The molecular weight excluding hydrogens is 446 g/mol. The molecule has 176 valence electrons. The monoisotopic (exact) mass is 473 g/mol. The van der Waals surface area contributed by atoms with Gasteiger partial charge < -0.3 is 10.1 Å². The molecule has 8 nitrogen and oxygen atoms in total. The van der Waals surface area contributed by atoms with Gasteiger partial charge in [0.2, 0.25) is 5.91 Å². The second-order valence-electron chi connectivity index (χ2n) is 7.20. The van der Waals surface area contributed by atoms with Gasteiger partial charge in [-0.1, -0.05) is 55.8 Å². The van der Waals surface area contributed by atoms with Crippen LogP contribution in [0, 0.1) is 0 Å². The van der Waals surface area contributed by atoms with Crippen LogP contribution in [0.15, 0.2) is 42.5 Å². The number of carbonyl (C=O) groups excluding carboxylic acids is 4. The molecule has 0 heterocycles. The highest BCUT2D eigenvalue weighted by molar-refractivity contribution is 6.33. The first kappa shape index (κ1) is 25.9. The maximum absolute atomic E-state index is 12.2. The standard InChI is InChI=1S/C24H28ClN3O5/c1-3-16-9-7-10-17(4-2)23(16)26-21(30)15-33-22(31)14-8-13-20(29)27-28-24(32)18-11-5-6-12-19(18)25/h5-7,9-12H,3-4,8,13-15H2,1-2H3,(H,26,30)(H,27,29)(H,28,32). The van der Waals surface area contributed by atoms with Crippen molar-refractivity contribution in [2.24, 2.45) is 0 Å². The first-order valence-corrected chi connectivity index (χ1v) is 11.1. The van der Waals surface area contributed by atoms with E-state index in [9.17, 15) is 19.2 Å². The molecule has 2 aromatic rings. The minimum atomic E-state index is -0.586. The van der Waals surface area contributed by atoms with E-state index in [0.29, 0.717) is 0 Å². The van der Waals surface area contributed by atoms with Crippen molar-refractivity contribution in [2.45, 2.75) is 46.0 Å². The third-order valence-corrected chi connectivity index (χ3v) is 5.18. The SMILES string of the molecule is CCc1cccc(CC)c1NC(=O)COC(=O)CCCC(=O)NNC(=O)c1ccccc1Cl. The van der Waals surface area contributed by atoms with Gasteiger partial charge in [0.1, 0.15) is 0 Å². The molecule has 0 saturated heterocycles. The van der Waals surface area contributed by atoms with Crippen LogP contribution in [0.1, 0.15) is 54.6 Å². The summed E-state index contributed by atoms with van der Waals surface area (Å²) in [5.74, 6) is -2.02. The molecule has 3 N–H and O–H groups in total. The number of aryl methyl sites for hydroxylation is 2. The average molecular weight is 474 g/mol. The van der Waals surface area contributed by atoms with Gasteiger partial charge in [0, 0.05) is 18.5 Å². The molecule has 9 heteroatoms. The topological polar surface area (TPSA) is 114 Å². The number of carbonyl (C=O) groups is 4. The number of amides is 3. The largest absolute Gasteiger partial charge is 0.456 e. The summed E-state index contributed by atoms with van der Waals surface area (Å²) in [5.41, 5.74) is 7.56. The molecule has 3 amide bonds. The van der Waals surface area contributed by atoms with E-state index in [1.54, 1.807) is 18.2 Å². The number of esters is 1. The number of hydrazine groups is 1. The molecule has 0 atom stereocenters. The quantitative estimate of drug-likeness (QED) is 0.360. The first-order valence-electron chi connectivity index (χ1n) is 10.8. The molecule has 0 bridgehead atoms. The fourth-order valence-electron chi connectivity index (χ4n) is 3.09. The Kier molecular flexibility index (Phi) is 10.4. The van der Waals surface area contributed by atoms with Crippen LogP contribution in [0.2, 0.25) is 5.02 Å². The summed E-state index contributed by atoms with van der Waals surface area (Å²) >= 11 is 5.93. The van der Waals surface area contributed by atoms with Crippen molar-refractivity contribution in [3.8, 4) is 0 Å². The second-order valence-corrected chi connectivity index (χ2v) is 7.61. The third-order valence-electron chi connectivity index (χ3n) is 4.85. The Balaban J connectivity index is 1.68. The summed E-state index contributed by atoms with van der Waals surface area (Å²) in [6.45, 7) is 3.60. The van der Waals surface area contributed by atoms with Crippen LogP contribution in [-0.2, 0) is 32.0 Å². The normalized spacial score (nSPS) is 10.3. The van der Waals surface area contributed by atoms with Gasteiger partial charge in [-0.25, -0.2) is 0 Å². The van der Waals surface area contributed by atoms with E-state index < -0.39 is 30.3 Å². The van der Waals surface area contributed by atoms with Crippen LogP contribution in [-0.4, -0.2) is 30.3 Å². The van der Waals surface area contributed by atoms with E-state index >= 15 is 0 Å². The summed E-state index contributed by atoms with van der Waals surface area (Å²) in [4.78, 5) is 48.0. The zero-order chi connectivity index (χ0) is 24.2. The average Bonchev–Trinajstić information content (AvgIpc) is 2.81. The summed E-state index contributed by atoms with van der Waals surface area (Å²) < 4.78 is 5.01. The molecule has 0 radical (unpaired) electrons. The van der Waals surface area contributed by atoms with E-state index in [-0.39, 0.29) is 29.8 Å². The third kappa shape index (κ3) is 8.23. The maximum Gasteiger partial charge on any atom is 0.306 e. The summed E-state index contributed by atoms with van der Waals surface area (Å²) in [7, 11) is 0. The van der Waals surface area contributed by atoms with Crippen molar-refractivity contribution in [3.05, 3.63) is 64.2 Å². The Morgan fingerprint density at radius 1 is 0.848 bits per heavy atom. The minimum Gasteiger partial charge on any atom is -0.456 e. The fourth-order valence-corrected chi connectivity index (χ4v) is 3.31. The summed E-state index contributed by atoms with van der Waals surface area (Å²) in [6, 6.07) is 12.3. The molecule has 0 aliphatic rings. The molecule has 0 fully saturated rings. The Hall–Kier alpha value is -3.39. The van der Waals surface area contributed by atoms with E-state index in [0.717, 1.165) is 29.7 Å². The van der Waals surface area contributed by atoms with Crippen molar-refractivity contribution in [3.63, 3.8) is 0 Å². The van der Waals surface area contributed by atoms with Gasteiger partial charge in [0.25, 0.3) is 11.8 Å². The van der Waals surface area contributed by atoms with Crippen LogP contribution in [0.25, 0.3) is 0 Å². The summed E-state index contributed by atoms with van der Waals surface area (Å²) in [5, 5.41) is 3.09. The van der Waals surface area contributed by atoms with Gasteiger partial charge in [-0.15, -0.1) is 0 Å². The van der Waals surface area contributed by atoms with Gasteiger partial charge in [-0.3, -0.25) is 30.0 Å². The van der Waals surface area contributed by atoms with Gasteiger partial charge >= 0.3 is 5.97 Å². The van der Waals surface area contributed by atoms with Crippen LogP contribution in [0.4, 0.5) is 5.69 Å². The van der Waals surface area contributed by atoms with Gasteiger partial charge in [-0.2, -0.15) is 0 Å². The van der Waals surface area contributed by atoms with Crippen LogP contribution in [0.5, 0.6) is 0 Å². The predicted octanol–water partition coefficient (Wildman–Crippen LogP) is 3.58. The number of rotatable bonds is 10. The molecule has 2 rings (SSSR count). The van der Waals surface area contributed by atoms with Crippen molar-refractivity contribution in [1.82, 2.24) is 10.9 Å². The van der Waals surface area contributed by atoms with Crippen molar-refractivity contribution in [1.29, 1.82) is 0 Å². The smallest absolute Gasteiger partial charge is 0.306 e. The molecule has 0 aliphatic heterocycles. The van der Waals surface area contributed by atoms with E-state index in [1.807, 2.05) is 32.0 Å². The van der Waals surface area contributed by atoms with E-state index in [4.69, 9.17) is 16.3 Å². The van der Waals surface area contributed by atoms with Crippen molar-refractivity contribution < 1.29 is 23.9 Å². The number of nitrogens with one attached hydrogen (secondary N) is 3. The first-order chi connectivity index (χ1) is 15.8. The highest BCUT2D eigenvalue weighted by Crippen LogP contribution is 2.22.